The highest BCUT2D eigenvalue weighted by Gasteiger charge is 2.21. The average Bonchev–Trinajstić information content (AvgIpc) is 3.99. The minimum Gasteiger partial charge on any atom is -0.309 e. The Morgan fingerprint density at radius 2 is 0.829 bits per heavy atom. The molecule has 0 radical (unpaired) electrons. The maximum atomic E-state index is 5.43. The van der Waals surface area contributed by atoms with Gasteiger partial charge in [-0.3, -0.25) is 0 Å². The fraction of sp³-hybridized carbons (Fsp3) is 0. The van der Waals surface area contributed by atoms with Crippen molar-refractivity contribution in [2.45, 2.75) is 0 Å². The summed E-state index contributed by atoms with van der Waals surface area (Å²) in [5.41, 5.74) is 13.3. The van der Waals surface area contributed by atoms with Crippen molar-refractivity contribution < 1.29 is 0 Å². The molecule has 14 rings (SSSR count). The maximum absolute atomic E-state index is 5.43. The van der Waals surface area contributed by atoms with E-state index >= 15 is 0 Å². The second-order valence-corrected chi connectivity index (χ2v) is 19.0. The van der Waals surface area contributed by atoms with Crippen LogP contribution < -0.4 is 0 Å². The number of benzene rings is 11. The van der Waals surface area contributed by atoms with Crippen molar-refractivity contribution in [2.24, 2.45) is 0 Å². The van der Waals surface area contributed by atoms with Crippen molar-refractivity contribution in [1.82, 2.24) is 19.5 Å². The number of rotatable bonds is 7. The SMILES string of the molecule is c1ccc(-c2ccc(-c3ccccc3-c3nc(-c4cccc5ccccc45)nc(-c4cccc5sc6cc(-n7c8ccc(-c9ccccc9)cc8c8c9ccccc9ccc87)ccc6c45)n3)cc2)cc1. The van der Waals surface area contributed by atoms with Crippen LogP contribution in [0, 0.1) is 0 Å². The monoisotopic (exact) mass is 908 g/mol. The summed E-state index contributed by atoms with van der Waals surface area (Å²) in [6.45, 7) is 0. The first-order valence-corrected chi connectivity index (χ1v) is 24.5. The molecule has 3 aromatic heterocycles. The van der Waals surface area contributed by atoms with Gasteiger partial charge in [-0.15, -0.1) is 11.3 Å². The lowest BCUT2D eigenvalue weighted by atomic mass is 9.96. The summed E-state index contributed by atoms with van der Waals surface area (Å²) in [7, 11) is 0. The highest BCUT2D eigenvalue weighted by atomic mass is 32.1. The standard InChI is InChI=1S/C65H40N4S/c1-3-15-41(16-4-1)43-29-31-46(32-30-43)50-23-11-12-25-52(50)63-66-64(53-26-13-21-44-19-7-9-22-49(44)53)68-65(67-63)55-27-14-28-59-62(55)54-36-35-48(40-60(54)70-59)69-57-37-34-47(42-17-5-2-6-18-42)39-56(57)61-51-24-10-8-20-45(51)33-38-58(61)69/h1-40H. The zero-order valence-corrected chi connectivity index (χ0v) is 38.6. The third kappa shape index (κ3) is 6.62. The molecule has 0 aliphatic rings. The lowest BCUT2D eigenvalue weighted by Gasteiger charge is -2.14. The second kappa shape index (κ2) is 16.3. The average molecular weight is 909 g/mol. The third-order valence-electron chi connectivity index (χ3n) is 13.9. The van der Waals surface area contributed by atoms with Crippen LogP contribution in [0.1, 0.15) is 0 Å². The Balaban J connectivity index is 0.949. The molecule has 70 heavy (non-hydrogen) atoms. The molecule has 0 unspecified atom stereocenters. The quantitative estimate of drug-likeness (QED) is 0.160. The topological polar surface area (TPSA) is 43.6 Å². The molecule has 5 heteroatoms. The molecule has 0 atom stereocenters. The Morgan fingerprint density at radius 1 is 0.286 bits per heavy atom. The van der Waals surface area contributed by atoms with Crippen LogP contribution in [0.3, 0.4) is 0 Å². The Labute approximate surface area is 408 Å². The predicted octanol–water partition coefficient (Wildman–Crippen LogP) is 17.6. The van der Waals surface area contributed by atoms with Crippen LogP contribution in [-0.2, 0) is 0 Å². The molecule has 11 aromatic carbocycles. The molecule has 0 aliphatic heterocycles. The van der Waals surface area contributed by atoms with E-state index < -0.39 is 0 Å². The highest BCUT2D eigenvalue weighted by molar-refractivity contribution is 7.26. The zero-order valence-electron chi connectivity index (χ0n) is 37.8. The van der Waals surface area contributed by atoms with E-state index in [9.17, 15) is 0 Å². The number of nitrogens with zero attached hydrogens (tertiary/aromatic N) is 4. The minimum absolute atomic E-state index is 0.629. The first kappa shape index (κ1) is 40.1. The van der Waals surface area contributed by atoms with Crippen LogP contribution in [0.4, 0.5) is 0 Å². The van der Waals surface area contributed by atoms with Crippen LogP contribution in [0.5, 0.6) is 0 Å². The van der Waals surface area contributed by atoms with Crippen molar-refractivity contribution in [2.75, 3.05) is 0 Å². The van der Waals surface area contributed by atoms with E-state index in [1.54, 1.807) is 0 Å². The Morgan fingerprint density at radius 3 is 1.61 bits per heavy atom. The van der Waals surface area contributed by atoms with E-state index in [0.717, 1.165) is 49.7 Å². The smallest absolute Gasteiger partial charge is 0.164 e. The summed E-state index contributed by atoms with van der Waals surface area (Å²) >= 11 is 1.81. The van der Waals surface area contributed by atoms with Crippen molar-refractivity contribution in [3.05, 3.63) is 243 Å². The van der Waals surface area contributed by atoms with Gasteiger partial charge in [-0.25, -0.2) is 15.0 Å². The zero-order chi connectivity index (χ0) is 46.1. The van der Waals surface area contributed by atoms with Crippen LogP contribution >= 0.6 is 11.3 Å². The van der Waals surface area contributed by atoms with E-state index in [1.165, 1.54) is 69.6 Å². The number of fused-ring (bicyclic) bond motifs is 9. The molecule has 0 saturated heterocycles. The summed E-state index contributed by atoms with van der Waals surface area (Å²) in [5.74, 6) is 1.91. The number of hydrogen-bond donors (Lipinski definition) is 0. The van der Waals surface area contributed by atoms with Gasteiger partial charge in [0, 0.05) is 53.3 Å². The Kier molecular flexibility index (Phi) is 9.36. The lowest BCUT2D eigenvalue weighted by Crippen LogP contribution is -2.01. The molecular formula is C65H40N4S. The van der Waals surface area contributed by atoms with Crippen molar-refractivity contribution in [1.29, 1.82) is 0 Å². The van der Waals surface area contributed by atoms with Crippen LogP contribution in [0.15, 0.2) is 243 Å². The number of aromatic nitrogens is 4. The van der Waals surface area contributed by atoms with E-state index in [1.807, 2.05) is 11.3 Å². The first-order chi connectivity index (χ1) is 34.7. The van der Waals surface area contributed by atoms with Crippen molar-refractivity contribution in [3.63, 3.8) is 0 Å². The fourth-order valence-electron chi connectivity index (χ4n) is 10.6. The summed E-state index contributed by atoms with van der Waals surface area (Å²) in [6, 6.07) is 87.0. The van der Waals surface area contributed by atoms with E-state index in [-0.39, 0.29) is 0 Å². The molecule has 0 amide bonds. The number of hydrogen-bond acceptors (Lipinski definition) is 4. The van der Waals surface area contributed by atoms with Crippen LogP contribution in [-0.4, -0.2) is 19.5 Å². The normalized spacial score (nSPS) is 11.7. The second-order valence-electron chi connectivity index (χ2n) is 17.9. The van der Waals surface area contributed by atoms with Crippen molar-refractivity contribution in [3.8, 4) is 73.2 Å². The summed E-state index contributed by atoms with van der Waals surface area (Å²) in [6.07, 6.45) is 0. The summed E-state index contributed by atoms with van der Waals surface area (Å²) in [5, 5.41) is 9.54. The molecule has 3 heterocycles. The molecule has 14 aromatic rings. The first-order valence-electron chi connectivity index (χ1n) is 23.7. The summed E-state index contributed by atoms with van der Waals surface area (Å²) in [4.78, 5) is 16.2. The van der Waals surface area contributed by atoms with Gasteiger partial charge in [0.25, 0.3) is 0 Å². The molecule has 4 nitrogen and oxygen atoms in total. The molecule has 326 valence electrons. The maximum Gasteiger partial charge on any atom is 0.164 e. The lowest BCUT2D eigenvalue weighted by molar-refractivity contribution is 1.08. The van der Waals surface area contributed by atoms with Gasteiger partial charge in [0.05, 0.1) is 11.0 Å². The van der Waals surface area contributed by atoms with E-state index in [0.29, 0.717) is 17.5 Å². The highest BCUT2D eigenvalue weighted by Crippen LogP contribution is 2.44. The van der Waals surface area contributed by atoms with Gasteiger partial charge in [-0.2, -0.15) is 0 Å². The third-order valence-corrected chi connectivity index (χ3v) is 15.0. The summed E-state index contributed by atoms with van der Waals surface area (Å²) < 4.78 is 4.82. The Hall–Kier alpha value is -9.03. The molecule has 0 N–H and O–H groups in total. The molecule has 0 bridgehead atoms. The van der Waals surface area contributed by atoms with Gasteiger partial charge in [-0.05, 0) is 91.3 Å². The minimum atomic E-state index is 0.629. The molecule has 0 fully saturated rings. The largest absolute Gasteiger partial charge is 0.309 e. The molecule has 0 aliphatic carbocycles. The van der Waals surface area contributed by atoms with Gasteiger partial charge in [-0.1, -0.05) is 206 Å². The Bertz CT molecular complexity index is 4340. The predicted molar refractivity (Wildman–Crippen MR) is 295 cm³/mol. The van der Waals surface area contributed by atoms with E-state index in [2.05, 4.69) is 247 Å². The van der Waals surface area contributed by atoms with Crippen LogP contribution in [0.2, 0.25) is 0 Å². The van der Waals surface area contributed by atoms with Gasteiger partial charge in [0.1, 0.15) is 0 Å². The molecule has 0 saturated carbocycles. The van der Waals surface area contributed by atoms with Gasteiger partial charge in [0.15, 0.2) is 17.5 Å². The molecular weight excluding hydrogens is 869 g/mol. The number of thiophene rings is 1. The van der Waals surface area contributed by atoms with E-state index in [4.69, 9.17) is 15.0 Å². The molecule has 0 spiro atoms. The van der Waals surface area contributed by atoms with Gasteiger partial charge < -0.3 is 4.57 Å². The van der Waals surface area contributed by atoms with Gasteiger partial charge >= 0.3 is 0 Å². The fourth-order valence-corrected chi connectivity index (χ4v) is 11.7. The van der Waals surface area contributed by atoms with Crippen LogP contribution in [0.25, 0.3) is 137 Å². The van der Waals surface area contributed by atoms with Crippen molar-refractivity contribution >= 4 is 74.9 Å². The van der Waals surface area contributed by atoms with Gasteiger partial charge in [0.2, 0.25) is 0 Å².